The lowest BCUT2D eigenvalue weighted by atomic mass is 10.2. The van der Waals surface area contributed by atoms with Gasteiger partial charge in [-0.05, 0) is 63.2 Å². The summed E-state index contributed by atoms with van der Waals surface area (Å²) < 4.78 is 5.70. The Morgan fingerprint density at radius 2 is 1.93 bits per heavy atom. The van der Waals surface area contributed by atoms with Gasteiger partial charge >= 0.3 is 0 Å². The molecule has 152 valence electrons. The molecular formula is C21H28ClN3O2S. The molecule has 1 aromatic carbocycles. The van der Waals surface area contributed by atoms with Gasteiger partial charge in [0, 0.05) is 16.9 Å². The Balaban J connectivity index is 1.32. The summed E-state index contributed by atoms with van der Waals surface area (Å²) in [6.07, 6.45) is 6.64. The van der Waals surface area contributed by atoms with Gasteiger partial charge in [-0.3, -0.25) is 4.79 Å². The molecule has 1 aliphatic rings. The van der Waals surface area contributed by atoms with E-state index in [2.05, 4.69) is 15.2 Å². The van der Waals surface area contributed by atoms with Gasteiger partial charge in [0.25, 0.3) is 0 Å². The van der Waals surface area contributed by atoms with Crippen LogP contribution in [-0.2, 0) is 17.8 Å². The van der Waals surface area contributed by atoms with E-state index in [1.807, 2.05) is 17.5 Å². The second kappa shape index (κ2) is 11.4. The van der Waals surface area contributed by atoms with Crippen molar-refractivity contribution in [3.63, 3.8) is 0 Å². The summed E-state index contributed by atoms with van der Waals surface area (Å²) in [5.41, 5.74) is 0.796. The van der Waals surface area contributed by atoms with Crippen LogP contribution >= 0.6 is 22.9 Å². The van der Waals surface area contributed by atoms with Crippen molar-refractivity contribution < 1.29 is 9.53 Å². The molecule has 1 aromatic heterocycles. The standard InChI is InChI=1S/C21H28ClN3O2S/c22-17-6-8-19(9-7-17)27-15-21-24-18(16-28-21)14-20(26)23-10-5-13-25-11-3-1-2-4-12-25/h6-9,16H,1-5,10-15H2,(H,23,26). The summed E-state index contributed by atoms with van der Waals surface area (Å²) in [6, 6.07) is 7.24. The van der Waals surface area contributed by atoms with Gasteiger partial charge in [-0.2, -0.15) is 0 Å². The average Bonchev–Trinajstić information content (AvgIpc) is 2.97. The fraction of sp³-hybridized carbons (Fsp3) is 0.524. The molecule has 1 N–H and O–H groups in total. The number of carbonyl (C=O) groups excluding carboxylic acids is 1. The van der Waals surface area contributed by atoms with Gasteiger partial charge < -0.3 is 15.0 Å². The summed E-state index contributed by atoms with van der Waals surface area (Å²) in [7, 11) is 0. The quantitative estimate of drug-likeness (QED) is 0.613. The molecule has 0 spiro atoms. The maximum atomic E-state index is 12.1. The lowest BCUT2D eigenvalue weighted by Gasteiger charge is -2.19. The second-order valence-electron chi connectivity index (χ2n) is 7.11. The Bertz CT molecular complexity index is 728. The number of ether oxygens (including phenoxy) is 1. The number of nitrogens with zero attached hydrogens (tertiary/aromatic N) is 2. The summed E-state index contributed by atoms with van der Waals surface area (Å²) in [5, 5.41) is 6.48. The van der Waals surface area contributed by atoms with E-state index < -0.39 is 0 Å². The molecule has 5 nitrogen and oxygen atoms in total. The van der Waals surface area contributed by atoms with E-state index in [1.165, 1.54) is 50.1 Å². The monoisotopic (exact) mass is 421 g/mol. The normalized spacial score (nSPS) is 15.2. The minimum atomic E-state index is 0.0336. The summed E-state index contributed by atoms with van der Waals surface area (Å²) in [6.45, 7) is 4.60. The number of hydrogen-bond acceptors (Lipinski definition) is 5. The minimum absolute atomic E-state index is 0.0336. The molecule has 3 rings (SSSR count). The van der Waals surface area contributed by atoms with Gasteiger partial charge in [0.2, 0.25) is 5.91 Å². The number of carbonyl (C=O) groups is 1. The highest BCUT2D eigenvalue weighted by Gasteiger charge is 2.10. The van der Waals surface area contributed by atoms with Crippen molar-refractivity contribution in [2.45, 2.75) is 45.1 Å². The van der Waals surface area contributed by atoms with Crippen LogP contribution in [0.25, 0.3) is 0 Å². The molecule has 1 amide bonds. The van der Waals surface area contributed by atoms with Crippen molar-refractivity contribution in [3.05, 3.63) is 45.4 Å². The van der Waals surface area contributed by atoms with Gasteiger partial charge in [-0.15, -0.1) is 11.3 Å². The number of amides is 1. The summed E-state index contributed by atoms with van der Waals surface area (Å²) >= 11 is 7.38. The van der Waals surface area contributed by atoms with Crippen LogP contribution in [0, 0.1) is 0 Å². The first-order valence-electron chi connectivity index (χ1n) is 10.00. The maximum absolute atomic E-state index is 12.1. The highest BCUT2D eigenvalue weighted by molar-refractivity contribution is 7.09. The topological polar surface area (TPSA) is 54.5 Å². The van der Waals surface area contributed by atoms with Crippen LogP contribution in [0.15, 0.2) is 29.6 Å². The predicted octanol–water partition coefficient (Wildman–Crippen LogP) is 4.30. The molecule has 2 aromatic rings. The van der Waals surface area contributed by atoms with Crippen molar-refractivity contribution in [3.8, 4) is 5.75 Å². The molecule has 0 radical (unpaired) electrons. The largest absolute Gasteiger partial charge is 0.486 e. The zero-order chi connectivity index (χ0) is 19.6. The van der Waals surface area contributed by atoms with Gasteiger partial charge in [-0.25, -0.2) is 4.98 Å². The molecule has 1 saturated heterocycles. The minimum Gasteiger partial charge on any atom is -0.486 e. The molecular weight excluding hydrogens is 394 g/mol. The zero-order valence-corrected chi connectivity index (χ0v) is 17.7. The highest BCUT2D eigenvalue weighted by Crippen LogP contribution is 2.18. The average molecular weight is 422 g/mol. The Labute approximate surface area is 176 Å². The molecule has 0 bridgehead atoms. The van der Waals surface area contributed by atoms with Crippen LogP contribution in [0.2, 0.25) is 5.02 Å². The number of thiazole rings is 1. The van der Waals surface area contributed by atoms with Crippen molar-refractivity contribution >= 4 is 28.8 Å². The molecule has 0 aliphatic carbocycles. The first-order chi connectivity index (χ1) is 13.7. The maximum Gasteiger partial charge on any atom is 0.226 e. The molecule has 1 aliphatic heterocycles. The fourth-order valence-corrected chi connectivity index (χ4v) is 4.12. The van der Waals surface area contributed by atoms with E-state index >= 15 is 0 Å². The third kappa shape index (κ3) is 7.41. The zero-order valence-electron chi connectivity index (χ0n) is 16.2. The number of rotatable bonds is 9. The third-order valence-corrected chi connectivity index (χ3v) is 5.91. The van der Waals surface area contributed by atoms with Crippen LogP contribution < -0.4 is 10.1 Å². The second-order valence-corrected chi connectivity index (χ2v) is 8.49. The third-order valence-electron chi connectivity index (χ3n) is 4.79. The molecule has 1 fully saturated rings. The number of aromatic nitrogens is 1. The summed E-state index contributed by atoms with van der Waals surface area (Å²) in [4.78, 5) is 19.1. The number of benzene rings is 1. The number of likely N-dealkylation sites (tertiary alicyclic amines) is 1. The van der Waals surface area contributed by atoms with Crippen LogP contribution in [0.5, 0.6) is 5.75 Å². The van der Waals surface area contributed by atoms with Gasteiger partial charge in [0.1, 0.15) is 17.4 Å². The van der Waals surface area contributed by atoms with Crippen LogP contribution in [0.1, 0.15) is 42.8 Å². The van der Waals surface area contributed by atoms with E-state index in [0.717, 1.165) is 36.0 Å². The molecule has 0 atom stereocenters. The Morgan fingerprint density at radius 1 is 1.18 bits per heavy atom. The van der Waals surface area contributed by atoms with Crippen molar-refractivity contribution in [1.82, 2.24) is 15.2 Å². The van der Waals surface area contributed by atoms with E-state index in [4.69, 9.17) is 16.3 Å². The van der Waals surface area contributed by atoms with Gasteiger partial charge in [0.15, 0.2) is 0 Å². The van der Waals surface area contributed by atoms with E-state index in [-0.39, 0.29) is 5.91 Å². The number of hydrogen-bond donors (Lipinski definition) is 1. The Morgan fingerprint density at radius 3 is 2.68 bits per heavy atom. The van der Waals surface area contributed by atoms with Crippen LogP contribution in [0.4, 0.5) is 0 Å². The fourth-order valence-electron chi connectivity index (χ4n) is 3.29. The van der Waals surface area contributed by atoms with E-state index in [0.29, 0.717) is 18.1 Å². The lowest BCUT2D eigenvalue weighted by molar-refractivity contribution is -0.120. The van der Waals surface area contributed by atoms with Crippen molar-refractivity contribution in [1.29, 1.82) is 0 Å². The summed E-state index contributed by atoms with van der Waals surface area (Å²) in [5.74, 6) is 0.787. The lowest BCUT2D eigenvalue weighted by Crippen LogP contribution is -2.31. The van der Waals surface area contributed by atoms with E-state index in [9.17, 15) is 4.79 Å². The van der Waals surface area contributed by atoms with Crippen molar-refractivity contribution in [2.75, 3.05) is 26.2 Å². The molecule has 7 heteroatoms. The van der Waals surface area contributed by atoms with Crippen LogP contribution in [0.3, 0.4) is 0 Å². The highest BCUT2D eigenvalue weighted by atomic mass is 35.5. The Kier molecular flexibility index (Phi) is 8.58. The first-order valence-corrected chi connectivity index (χ1v) is 11.3. The number of halogens is 1. The first kappa shape index (κ1) is 21.1. The molecule has 0 unspecified atom stereocenters. The molecule has 28 heavy (non-hydrogen) atoms. The van der Waals surface area contributed by atoms with Gasteiger partial charge in [-0.1, -0.05) is 24.4 Å². The number of nitrogens with one attached hydrogen (secondary N) is 1. The van der Waals surface area contributed by atoms with E-state index in [1.54, 1.807) is 12.1 Å². The van der Waals surface area contributed by atoms with Crippen molar-refractivity contribution in [2.24, 2.45) is 0 Å². The smallest absolute Gasteiger partial charge is 0.226 e. The Hall–Kier alpha value is -1.63. The molecule has 2 heterocycles. The van der Waals surface area contributed by atoms with Gasteiger partial charge in [0.05, 0.1) is 12.1 Å². The molecule has 0 saturated carbocycles. The SMILES string of the molecule is O=C(Cc1csc(COc2ccc(Cl)cc2)n1)NCCCN1CCCCCC1. The predicted molar refractivity (Wildman–Crippen MR) is 114 cm³/mol. The van der Waals surface area contributed by atoms with Crippen LogP contribution in [-0.4, -0.2) is 42.0 Å².